The van der Waals surface area contributed by atoms with Crippen LogP contribution in [0.25, 0.3) is 0 Å². The van der Waals surface area contributed by atoms with Crippen molar-refractivity contribution in [1.82, 2.24) is 15.5 Å². The third-order valence-electron chi connectivity index (χ3n) is 4.67. The van der Waals surface area contributed by atoms with E-state index in [1.54, 1.807) is 0 Å². The molecule has 0 aliphatic carbocycles. The van der Waals surface area contributed by atoms with Crippen molar-refractivity contribution in [3.63, 3.8) is 0 Å². The summed E-state index contributed by atoms with van der Waals surface area (Å²) in [6, 6.07) is 13.3. The van der Waals surface area contributed by atoms with Crippen LogP contribution >= 0.6 is 0 Å². The van der Waals surface area contributed by atoms with Gasteiger partial charge in [-0.05, 0) is 37.7 Å². The van der Waals surface area contributed by atoms with Gasteiger partial charge in [-0.3, -0.25) is 9.59 Å². The van der Waals surface area contributed by atoms with Crippen LogP contribution in [0.5, 0.6) is 17.2 Å². The normalized spacial score (nSPS) is 10.5. The summed E-state index contributed by atoms with van der Waals surface area (Å²) in [4.78, 5) is 26.7. The quantitative estimate of drug-likeness (QED) is 0.502. The van der Waals surface area contributed by atoms with Crippen molar-refractivity contribution < 1.29 is 23.8 Å². The van der Waals surface area contributed by atoms with Crippen molar-refractivity contribution in [1.29, 1.82) is 0 Å². The van der Waals surface area contributed by atoms with E-state index in [9.17, 15) is 9.59 Å². The number of rotatable bonds is 12. The number of amides is 2. The number of nitrogens with zero attached hydrogens (tertiary/aromatic N) is 1. The van der Waals surface area contributed by atoms with E-state index >= 15 is 0 Å². The largest absolute Gasteiger partial charge is 0.493 e. The second kappa shape index (κ2) is 12.4. The van der Waals surface area contributed by atoms with Crippen LogP contribution in [-0.2, 0) is 11.3 Å². The van der Waals surface area contributed by atoms with Gasteiger partial charge in [0.25, 0.3) is 5.91 Å². The molecule has 2 rings (SSSR count). The van der Waals surface area contributed by atoms with Crippen molar-refractivity contribution in [2.45, 2.75) is 13.0 Å². The molecule has 0 atom stereocenters. The Balaban J connectivity index is 1.74. The zero-order valence-corrected chi connectivity index (χ0v) is 18.6. The van der Waals surface area contributed by atoms with Crippen LogP contribution in [0.1, 0.15) is 22.3 Å². The van der Waals surface area contributed by atoms with Gasteiger partial charge in [-0.2, -0.15) is 0 Å². The summed E-state index contributed by atoms with van der Waals surface area (Å²) in [7, 11) is 6.49. The Hall–Kier alpha value is -3.26. The number of hydrogen-bond donors (Lipinski definition) is 2. The van der Waals surface area contributed by atoms with Gasteiger partial charge in [-0.25, -0.2) is 0 Å². The summed E-state index contributed by atoms with van der Waals surface area (Å²) in [5, 5.41) is 5.43. The van der Waals surface area contributed by atoms with Gasteiger partial charge in [0.2, 0.25) is 11.7 Å². The molecule has 0 radical (unpaired) electrons. The molecule has 0 aromatic heterocycles. The number of nitrogens with one attached hydrogen (secondary N) is 2. The first-order chi connectivity index (χ1) is 15.0. The maximum atomic E-state index is 12.4. The van der Waals surface area contributed by atoms with E-state index in [0.717, 1.165) is 19.5 Å². The molecule has 2 aromatic rings. The zero-order valence-electron chi connectivity index (χ0n) is 18.6. The van der Waals surface area contributed by atoms with Crippen LogP contribution in [0, 0.1) is 0 Å². The Labute approximate surface area is 183 Å². The number of hydrogen-bond acceptors (Lipinski definition) is 6. The molecule has 168 valence electrons. The summed E-state index contributed by atoms with van der Waals surface area (Å²) in [6.45, 7) is 2.14. The SMILES string of the molecule is COc1cc(C(=O)NCC(=O)NCCCN(C)Cc2ccccc2)cc(OC)c1OC. The molecular weight excluding hydrogens is 398 g/mol. The maximum Gasteiger partial charge on any atom is 0.251 e. The first kappa shape index (κ1) is 24.0. The third kappa shape index (κ3) is 7.49. The molecule has 0 aliphatic rings. The molecule has 2 amide bonds. The van der Waals surface area contributed by atoms with Gasteiger partial charge < -0.3 is 29.7 Å². The Morgan fingerprint density at radius 2 is 1.58 bits per heavy atom. The highest BCUT2D eigenvalue weighted by Crippen LogP contribution is 2.38. The Morgan fingerprint density at radius 1 is 0.935 bits per heavy atom. The molecule has 2 N–H and O–H groups in total. The summed E-state index contributed by atoms with van der Waals surface area (Å²) in [5.41, 5.74) is 1.56. The Kier molecular flexibility index (Phi) is 9.64. The summed E-state index contributed by atoms with van der Waals surface area (Å²) in [6.07, 6.45) is 0.815. The molecule has 0 saturated heterocycles. The smallest absolute Gasteiger partial charge is 0.251 e. The van der Waals surface area contributed by atoms with E-state index in [1.165, 1.54) is 39.0 Å². The van der Waals surface area contributed by atoms with E-state index < -0.39 is 5.91 Å². The third-order valence-corrected chi connectivity index (χ3v) is 4.67. The van der Waals surface area contributed by atoms with E-state index in [4.69, 9.17) is 14.2 Å². The number of carbonyl (C=O) groups is 2. The van der Waals surface area contributed by atoms with Gasteiger partial charge in [0.05, 0.1) is 27.9 Å². The summed E-state index contributed by atoms with van der Waals surface area (Å²) < 4.78 is 15.7. The van der Waals surface area contributed by atoms with E-state index in [-0.39, 0.29) is 12.5 Å². The molecule has 0 saturated carbocycles. The van der Waals surface area contributed by atoms with Crippen LogP contribution < -0.4 is 24.8 Å². The predicted molar refractivity (Wildman–Crippen MR) is 119 cm³/mol. The fourth-order valence-corrected chi connectivity index (χ4v) is 3.09. The number of methoxy groups -OCH3 is 3. The molecule has 0 unspecified atom stereocenters. The van der Waals surface area contributed by atoms with Crippen molar-refractivity contribution in [2.75, 3.05) is 48.0 Å². The standard InChI is InChI=1S/C23H31N3O5/c1-26(16-17-9-6-5-7-10-17)12-8-11-24-21(27)15-25-23(28)18-13-19(29-2)22(31-4)20(14-18)30-3/h5-7,9-10,13-14H,8,11-12,15-16H2,1-4H3,(H,24,27)(H,25,28). The number of carbonyl (C=O) groups excluding carboxylic acids is 2. The molecule has 0 fully saturated rings. The lowest BCUT2D eigenvalue weighted by Gasteiger charge is -2.17. The highest BCUT2D eigenvalue weighted by atomic mass is 16.5. The Bertz CT molecular complexity index is 833. The van der Waals surface area contributed by atoms with Crippen LogP contribution in [0.4, 0.5) is 0 Å². The van der Waals surface area contributed by atoms with Gasteiger partial charge in [0.15, 0.2) is 11.5 Å². The highest BCUT2D eigenvalue weighted by molar-refractivity contribution is 5.97. The van der Waals surface area contributed by atoms with Crippen molar-refractivity contribution in [3.8, 4) is 17.2 Å². The average molecular weight is 430 g/mol. The Morgan fingerprint density at radius 3 is 2.16 bits per heavy atom. The van der Waals surface area contributed by atoms with E-state index in [1.807, 2.05) is 25.2 Å². The summed E-state index contributed by atoms with van der Waals surface area (Å²) in [5.74, 6) is 0.493. The fourth-order valence-electron chi connectivity index (χ4n) is 3.09. The second-order valence-corrected chi connectivity index (χ2v) is 7.02. The minimum atomic E-state index is -0.406. The topological polar surface area (TPSA) is 89.1 Å². The molecule has 0 spiro atoms. The maximum absolute atomic E-state index is 12.4. The van der Waals surface area contributed by atoms with Crippen LogP contribution in [0.15, 0.2) is 42.5 Å². The molecule has 8 heteroatoms. The molecule has 8 nitrogen and oxygen atoms in total. The minimum absolute atomic E-state index is 0.116. The van der Waals surface area contributed by atoms with Gasteiger partial charge in [-0.1, -0.05) is 30.3 Å². The highest BCUT2D eigenvalue weighted by Gasteiger charge is 2.17. The van der Waals surface area contributed by atoms with Crippen LogP contribution in [-0.4, -0.2) is 64.7 Å². The lowest BCUT2D eigenvalue weighted by molar-refractivity contribution is -0.120. The van der Waals surface area contributed by atoms with Crippen molar-refractivity contribution in [2.24, 2.45) is 0 Å². The molecule has 31 heavy (non-hydrogen) atoms. The minimum Gasteiger partial charge on any atom is -0.493 e. The second-order valence-electron chi connectivity index (χ2n) is 7.02. The van der Waals surface area contributed by atoms with Crippen LogP contribution in [0.2, 0.25) is 0 Å². The lowest BCUT2D eigenvalue weighted by atomic mass is 10.1. The van der Waals surface area contributed by atoms with Gasteiger partial charge in [-0.15, -0.1) is 0 Å². The lowest BCUT2D eigenvalue weighted by Crippen LogP contribution is -2.38. The molecular formula is C23H31N3O5. The number of benzene rings is 2. The number of ether oxygens (including phenoxy) is 3. The first-order valence-corrected chi connectivity index (χ1v) is 10.1. The van der Waals surface area contributed by atoms with Gasteiger partial charge >= 0.3 is 0 Å². The first-order valence-electron chi connectivity index (χ1n) is 10.1. The van der Waals surface area contributed by atoms with Gasteiger partial charge in [0.1, 0.15) is 0 Å². The zero-order chi connectivity index (χ0) is 22.6. The molecule has 2 aromatic carbocycles. The predicted octanol–water partition coefficient (Wildman–Crippen LogP) is 2.08. The monoisotopic (exact) mass is 429 g/mol. The van der Waals surface area contributed by atoms with E-state index in [2.05, 4.69) is 27.7 Å². The molecule has 0 bridgehead atoms. The fraction of sp³-hybridized carbons (Fsp3) is 0.391. The van der Waals surface area contributed by atoms with Crippen LogP contribution in [0.3, 0.4) is 0 Å². The van der Waals surface area contributed by atoms with Gasteiger partial charge in [0, 0.05) is 18.7 Å². The van der Waals surface area contributed by atoms with E-state index in [0.29, 0.717) is 29.4 Å². The molecule has 0 heterocycles. The summed E-state index contributed by atoms with van der Waals surface area (Å²) >= 11 is 0. The van der Waals surface area contributed by atoms with Crippen molar-refractivity contribution in [3.05, 3.63) is 53.6 Å². The van der Waals surface area contributed by atoms with Crippen molar-refractivity contribution >= 4 is 11.8 Å². The molecule has 0 aliphatic heterocycles. The average Bonchev–Trinajstić information content (AvgIpc) is 2.79.